The lowest BCUT2D eigenvalue weighted by molar-refractivity contribution is 0.0499. The van der Waals surface area contributed by atoms with Gasteiger partial charge in [-0.2, -0.15) is 4.98 Å². The maximum absolute atomic E-state index is 13.9. The Balaban J connectivity index is 1.76. The molecule has 4 rings (SSSR count). The highest BCUT2D eigenvalue weighted by molar-refractivity contribution is 6.00. The zero-order valence-corrected chi connectivity index (χ0v) is 25.5. The van der Waals surface area contributed by atoms with Gasteiger partial charge in [0.15, 0.2) is 16.9 Å². The molecule has 0 bridgehead atoms. The highest BCUT2D eigenvalue weighted by Gasteiger charge is 2.29. The van der Waals surface area contributed by atoms with E-state index in [0.717, 1.165) is 23.0 Å². The van der Waals surface area contributed by atoms with E-state index in [1.807, 2.05) is 24.8 Å². The third-order valence-electron chi connectivity index (χ3n) is 7.09. The number of fused-ring (bicyclic) bond motifs is 1. The van der Waals surface area contributed by atoms with E-state index in [9.17, 15) is 24.0 Å². The molecule has 1 unspecified atom stereocenters. The highest BCUT2D eigenvalue weighted by atomic mass is 16.6. The molecule has 13 nitrogen and oxygen atoms in total. The summed E-state index contributed by atoms with van der Waals surface area (Å²) in [5.74, 6) is -0.737. The fourth-order valence-corrected chi connectivity index (χ4v) is 5.02. The van der Waals surface area contributed by atoms with Crippen molar-refractivity contribution in [2.45, 2.75) is 72.2 Å². The van der Waals surface area contributed by atoms with Gasteiger partial charge in [-0.05, 0) is 59.6 Å². The molecule has 1 aliphatic rings. The number of amides is 2. The standard InChI is InChI=1S/C30H39N7O6/c1-18(2)12-14-36-23-25(33-27(36)35-13-8-11-21(16-35)32-28(41)43-30(3,4)5)34(6)29(42)37(26(23)40)17-22(38)19-9-7-10-20(15-19)24(31)39/h7,9-10,12,15,21H,8,11,13-14,16-17H2,1-6H3,(H2,31,39)(H,32,41). The van der Waals surface area contributed by atoms with Gasteiger partial charge in [-0.25, -0.2) is 9.59 Å². The molecule has 1 aliphatic heterocycles. The first-order valence-electron chi connectivity index (χ1n) is 14.2. The van der Waals surface area contributed by atoms with Gasteiger partial charge in [-0.3, -0.25) is 23.5 Å². The molecule has 0 aliphatic carbocycles. The van der Waals surface area contributed by atoms with Crippen LogP contribution in [0.1, 0.15) is 68.2 Å². The predicted molar refractivity (Wildman–Crippen MR) is 163 cm³/mol. The number of piperidine rings is 1. The van der Waals surface area contributed by atoms with E-state index >= 15 is 0 Å². The SMILES string of the molecule is CC(C)=CCn1c(N2CCCC(NC(=O)OC(C)(C)C)C2)nc2c1c(=O)n(CC(=O)c1cccc(C(N)=O)c1)c(=O)n2C. The fourth-order valence-electron chi connectivity index (χ4n) is 5.02. The Bertz CT molecular complexity index is 1720. The molecule has 1 aromatic carbocycles. The largest absolute Gasteiger partial charge is 0.444 e. The van der Waals surface area contributed by atoms with Crippen molar-refractivity contribution in [3.63, 3.8) is 0 Å². The Kier molecular flexibility index (Phi) is 8.93. The molecule has 0 radical (unpaired) electrons. The number of rotatable bonds is 8. The van der Waals surface area contributed by atoms with Gasteiger partial charge in [-0.15, -0.1) is 0 Å². The maximum Gasteiger partial charge on any atom is 0.407 e. The number of primary amides is 1. The molecule has 230 valence electrons. The van der Waals surface area contributed by atoms with Crippen LogP contribution >= 0.6 is 0 Å². The van der Waals surface area contributed by atoms with Crippen LogP contribution in [0.25, 0.3) is 11.2 Å². The van der Waals surface area contributed by atoms with Crippen molar-refractivity contribution in [2.24, 2.45) is 12.8 Å². The zero-order chi connectivity index (χ0) is 31.6. The molecule has 3 N–H and O–H groups in total. The molecule has 2 amide bonds. The lowest BCUT2D eigenvalue weighted by Crippen LogP contribution is -2.49. The van der Waals surface area contributed by atoms with E-state index in [1.165, 1.54) is 35.9 Å². The number of allylic oxidation sites excluding steroid dienone is 2. The number of anilines is 1. The number of ketones is 1. The van der Waals surface area contributed by atoms with Gasteiger partial charge < -0.3 is 25.3 Å². The van der Waals surface area contributed by atoms with E-state index in [1.54, 1.807) is 25.3 Å². The van der Waals surface area contributed by atoms with Crippen LogP contribution in [0.3, 0.4) is 0 Å². The summed E-state index contributed by atoms with van der Waals surface area (Å²) >= 11 is 0. The smallest absolute Gasteiger partial charge is 0.407 e. The van der Waals surface area contributed by atoms with E-state index < -0.39 is 41.2 Å². The molecule has 43 heavy (non-hydrogen) atoms. The molecular formula is C30H39N7O6. The number of alkyl carbamates (subject to hydrolysis) is 1. The number of nitrogens with two attached hydrogens (primary N) is 1. The minimum absolute atomic E-state index is 0.145. The lowest BCUT2D eigenvalue weighted by Gasteiger charge is -2.34. The van der Waals surface area contributed by atoms with Crippen molar-refractivity contribution >= 4 is 34.9 Å². The van der Waals surface area contributed by atoms with Gasteiger partial charge >= 0.3 is 11.8 Å². The van der Waals surface area contributed by atoms with Crippen molar-refractivity contribution < 1.29 is 19.1 Å². The Labute approximate surface area is 248 Å². The number of hydrogen-bond acceptors (Lipinski definition) is 8. The summed E-state index contributed by atoms with van der Waals surface area (Å²) in [6.45, 7) is 10.1. The maximum atomic E-state index is 13.9. The minimum atomic E-state index is -0.696. The van der Waals surface area contributed by atoms with E-state index in [-0.39, 0.29) is 28.3 Å². The molecule has 1 saturated heterocycles. The van der Waals surface area contributed by atoms with Gasteiger partial charge in [0.1, 0.15) is 5.60 Å². The van der Waals surface area contributed by atoms with Crippen LogP contribution in [0.4, 0.5) is 10.7 Å². The molecule has 3 aromatic rings. The number of nitrogens with one attached hydrogen (secondary N) is 1. The number of aromatic nitrogens is 4. The Morgan fingerprint density at radius 3 is 2.49 bits per heavy atom. The number of aryl methyl sites for hydroxylation is 1. The Morgan fingerprint density at radius 2 is 1.84 bits per heavy atom. The summed E-state index contributed by atoms with van der Waals surface area (Å²) in [6.07, 6.45) is 2.94. The first kappa shape index (κ1) is 31.3. The quantitative estimate of drug-likeness (QED) is 0.297. The van der Waals surface area contributed by atoms with Crippen LogP contribution in [-0.4, -0.2) is 61.2 Å². The van der Waals surface area contributed by atoms with Gasteiger partial charge in [-0.1, -0.05) is 23.8 Å². The van der Waals surface area contributed by atoms with Crippen molar-refractivity contribution in [1.82, 2.24) is 24.0 Å². The van der Waals surface area contributed by atoms with Gasteiger partial charge in [0.25, 0.3) is 5.56 Å². The van der Waals surface area contributed by atoms with Crippen LogP contribution in [0.2, 0.25) is 0 Å². The summed E-state index contributed by atoms with van der Waals surface area (Å²) in [5.41, 5.74) is 5.05. The second kappa shape index (κ2) is 12.3. The van der Waals surface area contributed by atoms with Crippen molar-refractivity contribution in [2.75, 3.05) is 18.0 Å². The van der Waals surface area contributed by atoms with E-state index in [2.05, 4.69) is 5.32 Å². The van der Waals surface area contributed by atoms with Gasteiger partial charge in [0, 0.05) is 43.9 Å². The average Bonchev–Trinajstić information content (AvgIpc) is 3.32. The second-order valence-electron chi connectivity index (χ2n) is 12.0. The van der Waals surface area contributed by atoms with Gasteiger partial charge in [0.05, 0.1) is 6.54 Å². The Morgan fingerprint density at radius 1 is 1.14 bits per heavy atom. The molecule has 0 saturated carbocycles. The van der Waals surface area contributed by atoms with Crippen molar-refractivity contribution in [3.8, 4) is 0 Å². The topological polar surface area (TPSA) is 164 Å². The number of hydrogen-bond donors (Lipinski definition) is 2. The third kappa shape index (κ3) is 7.04. The van der Waals surface area contributed by atoms with Crippen LogP contribution in [-0.2, 0) is 24.9 Å². The third-order valence-corrected chi connectivity index (χ3v) is 7.09. The fraction of sp³-hybridized carbons (Fsp3) is 0.467. The first-order chi connectivity index (χ1) is 20.2. The average molecular weight is 594 g/mol. The van der Waals surface area contributed by atoms with E-state index in [4.69, 9.17) is 15.5 Å². The first-order valence-corrected chi connectivity index (χ1v) is 14.2. The van der Waals surface area contributed by atoms with Crippen LogP contribution in [0.15, 0.2) is 45.5 Å². The van der Waals surface area contributed by atoms with Crippen molar-refractivity contribution in [3.05, 3.63) is 67.9 Å². The number of imidazole rings is 1. The van der Waals surface area contributed by atoms with Crippen LogP contribution in [0, 0.1) is 0 Å². The number of benzene rings is 1. The highest BCUT2D eigenvalue weighted by Crippen LogP contribution is 2.24. The second-order valence-corrected chi connectivity index (χ2v) is 12.0. The zero-order valence-electron chi connectivity index (χ0n) is 25.5. The molecule has 0 spiro atoms. The number of carbonyl (C=O) groups excluding carboxylic acids is 3. The molecule has 1 fully saturated rings. The summed E-state index contributed by atoms with van der Waals surface area (Å²) in [4.78, 5) is 71.2. The molecule has 3 heterocycles. The molecule has 13 heteroatoms. The number of carbonyl (C=O) groups is 3. The van der Waals surface area contributed by atoms with Crippen LogP contribution < -0.4 is 27.2 Å². The molecule has 1 atom stereocenters. The monoisotopic (exact) mass is 593 g/mol. The Hall–Kier alpha value is -4.68. The number of Topliss-reactive ketones (excluding diaryl/α,β-unsaturated/α-hetero) is 1. The summed E-state index contributed by atoms with van der Waals surface area (Å²) in [5, 5.41) is 2.93. The molecule has 2 aromatic heterocycles. The van der Waals surface area contributed by atoms with Gasteiger partial charge in [0.2, 0.25) is 11.9 Å². The van der Waals surface area contributed by atoms with Crippen molar-refractivity contribution in [1.29, 1.82) is 0 Å². The summed E-state index contributed by atoms with van der Waals surface area (Å²) in [6, 6.07) is 5.62. The minimum Gasteiger partial charge on any atom is -0.444 e. The van der Waals surface area contributed by atoms with Crippen LogP contribution in [0.5, 0.6) is 0 Å². The number of ether oxygens (including phenoxy) is 1. The summed E-state index contributed by atoms with van der Waals surface area (Å²) in [7, 11) is 1.50. The van der Waals surface area contributed by atoms with E-state index in [0.29, 0.717) is 25.6 Å². The predicted octanol–water partition coefficient (Wildman–Crippen LogP) is 2.34. The summed E-state index contributed by atoms with van der Waals surface area (Å²) < 4.78 is 9.31. The number of nitrogens with zero attached hydrogens (tertiary/aromatic N) is 5. The molecular weight excluding hydrogens is 554 g/mol. The normalized spacial score (nSPS) is 15.3. The lowest BCUT2D eigenvalue weighted by atomic mass is 10.1.